The monoisotopic (exact) mass is 362 g/mol. The molecule has 1 N–H and O–H groups in total. The molecule has 0 radical (unpaired) electrons. The molecular weight excluding hydrogens is 348 g/mol. The first-order chi connectivity index (χ1) is 11.6. The van der Waals surface area contributed by atoms with Crippen LogP contribution in [0.5, 0.6) is 5.75 Å². The van der Waals surface area contributed by atoms with Crippen molar-refractivity contribution in [2.24, 2.45) is 0 Å². The number of benzene rings is 2. The summed E-state index contributed by atoms with van der Waals surface area (Å²) in [7, 11) is -3.61. The number of para-hydroxylation sites is 1. The highest BCUT2D eigenvalue weighted by atomic mass is 35.5. The van der Waals surface area contributed by atoms with E-state index in [4.69, 9.17) is 16.3 Å². The maximum atomic E-state index is 12.2. The minimum atomic E-state index is -3.61. The molecule has 1 heterocycles. The summed E-state index contributed by atoms with van der Waals surface area (Å²) < 4.78 is 32.5. The summed E-state index contributed by atoms with van der Waals surface area (Å²) >= 11 is 5.82. The lowest BCUT2D eigenvalue weighted by molar-refractivity contribution is 0.326. The van der Waals surface area contributed by atoms with Crippen molar-refractivity contribution < 1.29 is 13.2 Å². The van der Waals surface area contributed by atoms with E-state index < -0.39 is 10.0 Å². The van der Waals surface area contributed by atoms with Crippen LogP contribution < -0.4 is 9.46 Å². The van der Waals surface area contributed by atoms with Gasteiger partial charge in [0.2, 0.25) is 10.0 Å². The number of hydrogen-bond donors (Lipinski definition) is 1. The molecule has 124 valence electrons. The summed E-state index contributed by atoms with van der Waals surface area (Å²) in [6.07, 6.45) is 1.69. The number of nitrogens with one attached hydrogen (secondary N) is 1. The number of hydrogen-bond acceptors (Lipinski definition) is 4. The highest BCUT2D eigenvalue weighted by molar-refractivity contribution is 7.89. The van der Waals surface area contributed by atoms with Crippen molar-refractivity contribution in [1.29, 1.82) is 0 Å². The number of halogens is 1. The highest BCUT2D eigenvalue weighted by Gasteiger charge is 2.13. The van der Waals surface area contributed by atoms with Crippen LogP contribution in [0.15, 0.2) is 65.7 Å². The first-order valence-corrected chi connectivity index (χ1v) is 9.14. The fourth-order valence-electron chi connectivity index (χ4n) is 2.25. The van der Waals surface area contributed by atoms with E-state index in [0.29, 0.717) is 10.8 Å². The lowest BCUT2D eigenvalue weighted by Crippen LogP contribution is -2.28. The van der Waals surface area contributed by atoms with Gasteiger partial charge in [-0.3, -0.25) is 4.98 Å². The summed E-state index contributed by atoms with van der Waals surface area (Å²) in [5.41, 5.74) is 0.748. The Morgan fingerprint density at radius 1 is 1.08 bits per heavy atom. The summed E-state index contributed by atoms with van der Waals surface area (Å²) in [5, 5.41) is 1.34. The van der Waals surface area contributed by atoms with E-state index in [1.165, 1.54) is 12.1 Å². The number of aromatic nitrogens is 1. The molecule has 0 fully saturated rings. The smallest absolute Gasteiger partial charge is 0.240 e. The minimum Gasteiger partial charge on any atom is -0.490 e. The van der Waals surface area contributed by atoms with Crippen molar-refractivity contribution in [3.8, 4) is 5.75 Å². The Hall–Kier alpha value is -2.15. The van der Waals surface area contributed by atoms with Gasteiger partial charge in [-0.15, -0.1) is 0 Å². The molecule has 1 aromatic heterocycles. The van der Waals surface area contributed by atoms with E-state index in [1.54, 1.807) is 24.4 Å². The first-order valence-electron chi connectivity index (χ1n) is 7.28. The molecule has 7 heteroatoms. The van der Waals surface area contributed by atoms with Crippen molar-refractivity contribution in [1.82, 2.24) is 9.71 Å². The summed E-state index contributed by atoms with van der Waals surface area (Å²) in [5.74, 6) is 0.620. The van der Waals surface area contributed by atoms with E-state index in [2.05, 4.69) is 9.71 Å². The molecule has 0 unspecified atom stereocenters. The molecule has 2 aromatic carbocycles. The molecule has 0 saturated heterocycles. The molecule has 3 aromatic rings. The van der Waals surface area contributed by atoms with Crippen LogP contribution >= 0.6 is 11.6 Å². The Morgan fingerprint density at radius 3 is 2.71 bits per heavy atom. The molecule has 0 atom stereocenters. The topological polar surface area (TPSA) is 68.3 Å². The molecule has 24 heavy (non-hydrogen) atoms. The zero-order chi connectivity index (χ0) is 17.0. The third-order valence-electron chi connectivity index (χ3n) is 3.35. The summed E-state index contributed by atoms with van der Waals surface area (Å²) in [6, 6.07) is 15.5. The van der Waals surface area contributed by atoms with Crippen LogP contribution in [-0.4, -0.2) is 26.6 Å². The van der Waals surface area contributed by atoms with Gasteiger partial charge in [0.05, 0.1) is 4.90 Å². The van der Waals surface area contributed by atoms with E-state index in [9.17, 15) is 8.42 Å². The second-order valence-corrected chi connectivity index (χ2v) is 7.24. The Labute approximate surface area is 145 Å². The van der Waals surface area contributed by atoms with Crippen LogP contribution in [0, 0.1) is 0 Å². The largest absolute Gasteiger partial charge is 0.490 e. The van der Waals surface area contributed by atoms with Gasteiger partial charge in [0.25, 0.3) is 0 Å². The van der Waals surface area contributed by atoms with Crippen LogP contribution in [0.25, 0.3) is 10.9 Å². The molecule has 5 nitrogen and oxygen atoms in total. The normalized spacial score (nSPS) is 11.5. The van der Waals surface area contributed by atoms with Gasteiger partial charge in [0.1, 0.15) is 17.9 Å². The molecule has 0 spiro atoms. The van der Waals surface area contributed by atoms with Gasteiger partial charge in [-0.05, 0) is 30.3 Å². The number of pyridine rings is 1. The lowest BCUT2D eigenvalue weighted by Gasteiger charge is -2.10. The number of nitrogens with zero attached hydrogens (tertiary/aromatic N) is 1. The van der Waals surface area contributed by atoms with Gasteiger partial charge in [0, 0.05) is 23.2 Å². The minimum absolute atomic E-state index is 0.127. The van der Waals surface area contributed by atoms with Crippen molar-refractivity contribution in [3.63, 3.8) is 0 Å². The molecule has 0 amide bonds. The highest BCUT2D eigenvalue weighted by Crippen LogP contribution is 2.22. The Bertz CT molecular complexity index is 955. The van der Waals surface area contributed by atoms with Crippen LogP contribution in [0.1, 0.15) is 0 Å². The van der Waals surface area contributed by atoms with Crippen molar-refractivity contribution in [3.05, 3.63) is 65.8 Å². The van der Waals surface area contributed by atoms with Gasteiger partial charge in [-0.1, -0.05) is 35.9 Å². The average Bonchev–Trinajstić information content (AvgIpc) is 2.59. The van der Waals surface area contributed by atoms with Gasteiger partial charge in [-0.2, -0.15) is 0 Å². The molecule has 0 aliphatic heterocycles. The van der Waals surface area contributed by atoms with Crippen LogP contribution in [-0.2, 0) is 10.0 Å². The Balaban J connectivity index is 1.62. The molecule has 0 aliphatic carbocycles. The number of fused-ring (bicyclic) bond motifs is 1. The molecule has 0 bridgehead atoms. The first kappa shape index (κ1) is 16.7. The molecule has 0 saturated carbocycles. The predicted octanol–water partition coefficient (Wildman–Crippen LogP) is 3.25. The second kappa shape index (κ2) is 7.17. The maximum Gasteiger partial charge on any atom is 0.240 e. The zero-order valence-corrected chi connectivity index (χ0v) is 14.2. The van der Waals surface area contributed by atoms with E-state index >= 15 is 0 Å². The van der Waals surface area contributed by atoms with Crippen LogP contribution in [0.2, 0.25) is 5.02 Å². The Morgan fingerprint density at radius 2 is 1.88 bits per heavy atom. The molecular formula is C17H15ClN2O3S. The van der Waals surface area contributed by atoms with Crippen LogP contribution in [0.3, 0.4) is 0 Å². The van der Waals surface area contributed by atoms with Gasteiger partial charge < -0.3 is 4.74 Å². The predicted molar refractivity (Wildman–Crippen MR) is 93.9 cm³/mol. The third kappa shape index (κ3) is 3.84. The fourth-order valence-corrected chi connectivity index (χ4v) is 3.56. The van der Waals surface area contributed by atoms with Gasteiger partial charge in [0.15, 0.2) is 0 Å². The molecule has 3 rings (SSSR count). The quantitative estimate of drug-likeness (QED) is 0.683. The van der Waals surface area contributed by atoms with Crippen molar-refractivity contribution in [2.45, 2.75) is 4.90 Å². The standard InChI is InChI=1S/C17H15ClN2O3S/c18-14-6-2-7-15(12-14)24(21,22)20-10-11-23-16-8-1-4-13-5-3-9-19-17(13)16/h1-9,12,20H,10-11H2. The fraction of sp³-hybridized carbons (Fsp3) is 0.118. The van der Waals surface area contributed by atoms with Gasteiger partial charge >= 0.3 is 0 Å². The van der Waals surface area contributed by atoms with Crippen molar-refractivity contribution in [2.75, 3.05) is 13.2 Å². The third-order valence-corrected chi connectivity index (χ3v) is 5.05. The number of ether oxygens (including phenoxy) is 1. The number of rotatable bonds is 6. The lowest BCUT2D eigenvalue weighted by atomic mass is 10.2. The van der Waals surface area contributed by atoms with Crippen molar-refractivity contribution >= 4 is 32.5 Å². The van der Waals surface area contributed by atoms with Gasteiger partial charge in [-0.25, -0.2) is 13.1 Å². The number of sulfonamides is 1. The second-order valence-electron chi connectivity index (χ2n) is 5.03. The molecule has 0 aliphatic rings. The van der Waals surface area contributed by atoms with Crippen LogP contribution in [0.4, 0.5) is 0 Å². The summed E-state index contributed by atoms with van der Waals surface area (Å²) in [4.78, 5) is 4.41. The van der Waals surface area contributed by atoms with E-state index in [-0.39, 0.29) is 18.0 Å². The van der Waals surface area contributed by atoms with E-state index in [1.807, 2.05) is 24.3 Å². The maximum absolute atomic E-state index is 12.2. The van der Waals surface area contributed by atoms with E-state index in [0.717, 1.165) is 10.9 Å². The SMILES string of the molecule is O=S(=O)(NCCOc1cccc2cccnc12)c1cccc(Cl)c1. The average molecular weight is 363 g/mol. The zero-order valence-electron chi connectivity index (χ0n) is 12.6. The summed E-state index contributed by atoms with van der Waals surface area (Å²) in [6.45, 7) is 0.327. The Kier molecular flexibility index (Phi) is 4.99.